The standard InChI is InChI=1S/C28H27N5O5/c1-28(2)14-22-19-12-24(38-10-9-31-27(37)30-8-4-3-5-25(30)29-31)17(16-6-7-16)11-18(19)21-13-23(34)20(26(35)36)15-32(21)33(22)28/h3-5,8,11-13,15-16,22H,6-7,9-10,14H2,1-2H3,(H,35,36). The molecule has 1 aliphatic carbocycles. The number of carbonyl (C=O) groups is 1. The number of hydrogen-bond donors (Lipinski definition) is 1. The van der Waals surface area contributed by atoms with Gasteiger partial charge < -0.3 is 9.84 Å². The van der Waals surface area contributed by atoms with Crippen molar-refractivity contribution < 1.29 is 14.6 Å². The Hall–Kier alpha value is -4.34. The second kappa shape index (κ2) is 7.83. The molecule has 5 heterocycles. The number of hydrogen-bond acceptors (Lipinski definition) is 6. The highest BCUT2D eigenvalue weighted by Gasteiger charge is 2.50. The highest BCUT2D eigenvalue weighted by Crippen LogP contribution is 2.54. The summed E-state index contributed by atoms with van der Waals surface area (Å²) in [5, 5.41) is 16.1. The average Bonchev–Trinajstić information content (AvgIpc) is 3.67. The topological polar surface area (TPSA) is 111 Å². The molecule has 1 N–H and O–H groups in total. The third-order valence-electron chi connectivity index (χ3n) is 7.99. The highest BCUT2D eigenvalue weighted by molar-refractivity contribution is 5.88. The predicted octanol–water partition coefficient (Wildman–Crippen LogP) is 3.15. The first-order chi connectivity index (χ1) is 18.2. The second-order valence-electron chi connectivity index (χ2n) is 11.0. The summed E-state index contributed by atoms with van der Waals surface area (Å²) in [6.07, 6.45) is 6.17. The molecule has 2 fully saturated rings. The summed E-state index contributed by atoms with van der Waals surface area (Å²) < 4.78 is 11.1. The normalized spacial score (nSPS) is 18.9. The zero-order valence-corrected chi connectivity index (χ0v) is 21.1. The first-order valence-corrected chi connectivity index (χ1v) is 12.9. The van der Waals surface area contributed by atoms with Gasteiger partial charge in [0.15, 0.2) is 11.1 Å². The van der Waals surface area contributed by atoms with E-state index in [0.29, 0.717) is 30.4 Å². The molecule has 0 spiro atoms. The van der Waals surface area contributed by atoms with Gasteiger partial charge in [0, 0.05) is 24.0 Å². The average molecular weight is 514 g/mol. The number of pyridine rings is 2. The van der Waals surface area contributed by atoms with Crippen molar-refractivity contribution in [1.29, 1.82) is 0 Å². The van der Waals surface area contributed by atoms with Crippen molar-refractivity contribution in [3.05, 3.63) is 86.2 Å². The summed E-state index contributed by atoms with van der Waals surface area (Å²) in [5.41, 5.74) is 3.24. The van der Waals surface area contributed by atoms with E-state index in [-0.39, 0.29) is 22.8 Å². The Morgan fingerprint density at radius 2 is 1.97 bits per heavy atom. The van der Waals surface area contributed by atoms with Gasteiger partial charge in [-0.3, -0.25) is 18.9 Å². The van der Waals surface area contributed by atoms with Crippen LogP contribution < -0.4 is 20.9 Å². The number of aromatic nitrogens is 4. The van der Waals surface area contributed by atoms with E-state index < -0.39 is 11.4 Å². The fourth-order valence-corrected chi connectivity index (χ4v) is 6.01. The molecule has 1 aromatic carbocycles. The predicted molar refractivity (Wildman–Crippen MR) is 140 cm³/mol. The number of ether oxygens (including phenoxy) is 1. The van der Waals surface area contributed by atoms with E-state index in [2.05, 4.69) is 36.1 Å². The van der Waals surface area contributed by atoms with Crippen molar-refractivity contribution in [3.63, 3.8) is 0 Å². The van der Waals surface area contributed by atoms with E-state index in [0.717, 1.165) is 41.7 Å². The van der Waals surface area contributed by atoms with Gasteiger partial charge in [-0.25, -0.2) is 14.3 Å². The van der Waals surface area contributed by atoms with Crippen molar-refractivity contribution in [2.75, 3.05) is 11.6 Å². The summed E-state index contributed by atoms with van der Waals surface area (Å²) in [6.45, 7) is 4.83. The van der Waals surface area contributed by atoms with Crippen LogP contribution in [0.2, 0.25) is 0 Å². The maximum Gasteiger partial charge on any atom is 0.350 e. The molecule has 7 rings (SSSR count). The van der Waals surface area contributed by atoms with Crippen molar-refractivity contribution in [1.82, 2.24) is 18.9 Å². The largest absolute Gasteiger partial charge is 0.491 e. The molecule has 0 bridgehead atoms. The van der Waals surface area contributed by atoms with Crippen LogP contribution in [-0.2, 0) is 6.54 Å². The lowest BCUT2D eigenvalue weighted by atomic mass is 9.76. The maximum atomic E-state index is 12.7. The molecule has 0 amide bonds. The van der Waals surface area contributed by atoms with Gasteiger partial charge in [-0.05, 0) is 74.4 Å². The number of aromatic carboxylic acids is 1. The minimum atomic E-state index is -1.22. The zero-order valence-electron chi connectivity index (χ0n) is 21.1. The summed E-state index contributed by atoms with van der Waals surface area (Å²) in [4.78, 5) is 37.1. The van der Waals surface area contributed by atoms with Gasteiger partial charge in [0.25, 0.3) is 0 Å². The highest BCUT2D eigenvalue weighted by atomic mass is 16.5. The van der Waals surface area contributed by atoms with Crippen LogP contribution in [0, 0.1) is 0 Å². The molecule has 1 saturated carbocycles. The minimum Gasteiger partial charge on any atom is -0.491 e. The summed E-state index contributed by atoms with van der Waals surface area (Å²) in [5.74, 6) is -0.0497. The Morgan fingerprint density at radius 3 is 2.68 bits per heavy atom. The van der Waals surface area contributed by atoms with Crippen molar-refractivity contribution in [3.8, 4) is 17.0 Å². The minimum absolute atomic E-state index is 0.0355. The molecule has 1 saturated heterocycles. The second-order valence-corrected chi connectivity index (χ2v) is 11.0. The molecule has 4 aromatic rings. The third-order valence-corrected chi connectivity index (χ3v) is 7.99. The smallest absolute Gasteiger partial charge is 0.350 e. The molecule has 3 aliphatic rings. The van der Waals surface area contributed by atoms with Gasteiger partial charge in [0.05, 0.1) is 23.8 Å². The number of nitrogens with zero attached hydrogens (tertiary/aromatic N) is 5. The van der Waals surface area contributed by atoms with Crippen LogP contribution >= 0.6 is 0 Å². The number of carboxylic acid groups (broad SMARTS) is 1. The van der Waals surface area contributed by atoms with Crippen molar-refractivity contribution in [2.45, 2.75) is 57.2 Å². The van der Waals surface area contributed by atoms with Gasteiger partial charge >= 0.3 is 11.7 Å². The van der Waals surface area contributed by atoms with Crippen molar-refractivity contribution in [2.24, 2.45) is 0 Å². The van der Waals surface area contributed by atoms with E-state index in [1.165, 1.54) is 21.3 Å². The molecule has 194 valence electrons. The molecule has 0 radical (unpaired) electrons. The number of rotatable bonds is 6. The van der Waals surface area contributed by atoms with Crippen molar-refractivity contribution >= 4 is 11.6 Å². The summed E-state index contributed by atoms with van der Waals surface area (Å²) >= 11 is 0. The molecule has 1 atom stereocenters. The van der Waals surface area contributed by atoms with E-state index in [1.807, 2.05) is 10.7 Å². The molecular formula is C28H27N5O5. The Bertz CT molecular complexity index is 1760. The molecule has 10 heteroatoms. The molecular weight excluding hydrogens is 486 g/mol. The molecule has 10 nitrogen and oxygen atoms in total. The number of carboxylic acids is 1. The summed E-state index contributed by atoms with van der Waals surface area (Å²) in [6, 6.07) is 11.1. The van der Waals surface area contributed by atoms with E-state index in [9.17, 15) is 19.5 Å². The van der Waals surface area contributed by atoms with Gasteiger partial charge in [-0.1, -0.05) is 6.07 Å². The Balaban J connectivity index is 1.27. The van der Waals surface area contributed by atoms with Gasteiger partial charge in [0.2, 0.25) is 0 Å². The lowest BCUT2D eigenvalue weighted by Gasteiger charge is -2.60. The molecule has 38 heavy (non-hydrogen) atoms. The van der Waals surface area contributed by atoms with Gasteiger partial charge in [-0.15, -0.1) is 5.10 Å². The Labute approximate surface area is 217 Å². The lowest BCUT2D eigenvalue weighted by Crippen LogP contribution is -2.65. The maximum absolute atomic E-state index is 12.7. The quantitative estimate of drug-likeness (QED) is 0.422. The Kier molecular flexibility index (Phi) is 4.70. The summed E-state index contributed by atoms with van der Waals surface area (Å²) in [7, 11) is 0. The van der Waals surface area contributed by atoms with E-state index in [4.69, 9.17) is 4.74 Å². The van der Waals surface area contributed by atoms with Crippen LogP contribution in [0.4, 0.5) is 0 Å². The van der Waals surface area contributed by atoms with Crippen LogP contribution in [-0.4, -0.2) is 42.1 Å². The number of benzene rings is 1. The van der Waals surface area contributed by atoms with Crippen LogP contribution in [0.15, 0.2) is 58.4 Å². The van der Waals surface area contributed by atoms with Crippen LogP contribution in [0.1, 0.15) is 66.6 Å². The molecule has 3 aromatic heterocycles. The monoisotopic (exact) mass is 513 g/mol. The van der Waals surface area contributed by atoms with E-state index >= 15 is 0 Å². The fourth-order valence-electron chi connectivity index (χ4n) is 6.01. The third kappa shape index (κ3) is 3.32. The number of fused-ring (bicyclic) bond motifs is 7. The van der Waals surface area contributed by atoms with Crippen LogP contribution in [0.5, 0.6) is 5.75 Å². The molecule has 1 unspecified atom stereocenters. The zero-order chi connectivity index (χ0) is 26.3. The lowest BCUT2D eigenvalue weighted by molar-refractivity contribution is 0.0693. The first kappa shape index (κ1) is 22.8. The van der Waals surface area contributed by atoms with Crippen LogP contribution in [0.3, 0.4) is 0 Å². The molecule has 2 aliphatic heterocycles. The van der Waals surface area contributed by atoms with Gasteiger partial charge in [0.1, 0.15) is 17.9 Å². The fraction of sp³-hybridized carbons (Fsp3) is 0.357. The first-order valence-electron chi connectivity index (χ1n) is 12.9. The SMILES string of the molecule is CC1(C)CC2c3cc(OCCn4nc5ccccn5c4=O)c(C4CC4)cc3-c3cc(=O)c(C(=O)O)cn3N21. The van der Waals surface area contributed by atoms with Crippen LogP contribution in [0.25, 0.3) is 16.9 Å². The van der Waals surface area contributed by atoms with E-state index in [1.54, 1.807) is 18.3 Å². The Morgan fingerprint density at radius 1 is 1.16 bits per heavy atom. The van der Waals surface area contributed by atoms with Gasteiger partial charge in [-0.2, -0.15) is 0 Å².